The van der Waals surface area contributed by atoms with E-state index in [0.29, 0.717) is 6.47 Å². The standard InChI is InChI=1S/C24H30O2.CH4/c1-6-11-21(2)14-9-15-22(3)12-7-8-13-23(4)16-10-17-24(5)18-19-26-20-25;/h6-20H,1-5H3;1H4/b8-7+,11-6+,15-9+,16-10+,19-18+,21-14-,22-12+,23-13+,24-17+;. The molecule has 0 aliphatic rings. The SMILES string of the molecule is C.C/C=C/C(C)=C\C=C\C(C)=C\C=C\C=C(C)\C=C\C=C(C)\C=C\OC=O. The Balaban J connectivity index is 0. The molecule has 0 aromatic rings. The van der Waals surface area contributed by atoms with Crippen molar-refractivity contribution in [2.75, 3.05) is 0 Å². The lowest BCUT2D eigenvalue weighted by Gasteiger charge is -1.90. The van der Waals surface area contributed by atoms with Gasteiger partial charge in [0, 0.05) is 0 Å². The molecular weight excluding hydrogens is 332 g/mol. The molecule has 0 saturated heterocycles. The van der Waals surface area contributed by atoms with Crippen molar-refractivity contribution in [2.24, 2.45) is 0 Å². The van der Waals surface area contributed by atoms with E-state index in [1.54, 1.807) is 6.08 Å². The quantitative estimate of drug-likeness (QED) is 0.230. The molecule has 0 aliphatic carbocycles. The lowest BCUT2D eigenvalue weighted by Crippen LogP contribution is -1.74. The summed E-state index contributed by atoms with van der Waals surface area (Å²) < 4.78 is 4.50. The molecule has 0 bridgehead atoms. The molecule has 0 aliphatic heterocycles. The van der Waals surface area contributed by atoms with E-state index in [1.807, 2.05) is 57.2 Å². The van der Waals surface area contributed by atoms with Crippen LogP contribution in [-0.2, 0) is 9.53 Å². The van der Waals surface area contributed by atoms with Crippen molar-refractivity contribution in [1.82, 2.24) is 0 Å². The first-order chi connectivity index (χ1) is 12.5. The van der Waals surface area contributed by atoms with Crippen LogP contribution >= 0.6 is 0 Å². The fourth-order valence-corrected chi connectivity index (χ4v) is 1.78. The molecule has 146 valence electrons. The van der Waals surface area contributed by atoms with Crippen molar-refractivity contribution in [3.8, 4) is 0 Å². The third-order valence-electron chi connectivity index (χ3n) is 3.16. The Morgan fingerprint density at radius 2 is 1.04 bits per heavy atom. The highest BCUT2D eigenvalue weighted by molar-refractivity contribution is 5.39. The monoisotopic (exact) mass is 366 g/mol. The molecule has 0 amide bonds. The van der Waals surface area contributed by atoms with Crippen LogP contribution in [0.3, 0.4) is 0 Å². The Morgan fingerprint density at radius 1 is 0.630 bits per heavy atom. The summed E-state index contributed by atoms with van der Waals surface area (Å²) in [7, 11) is 0. The maximum absolute atomic E-state index is 10.0. The summed E-state index contributed by atoms with van der Waals surface area (Å²) in [6, 6.07) is 0. The first-order valence-electron chi connectivity index (χ1n) is 8.59. The zero-order valence-electron chi connectivity index (χ0n) is 16.5. The van der Waals surface area contributed by atoms with Crippen LogP contribution in [-0.4, -0.2) is 6.47 Å². The van der Waals surface area contributed by atoms with E-state index < -0.39 is 0 Å². The number of carbonyl (C=O) groups excluding carboxylic acids is 1. The van der Waals surface area contributed by atoms with Gasteiger partial charge in [-0.3, -0.25) is 4.79 Å². The molecule has 0 rings (SSSR count). The second-order valence-corrected chi connectivity index (χ2v) is 5.78. The Labute approximate surface area is 166 Å². The van der Waals surface area contributed by atoms with Gasteiger partial charge in [-0.15, -0.1) is 0 Å². The van der Waals surface area contributed by atoms with Gasteiger partial charge in [-0.05, 0) is 46.3 Å². The molecule has 2 heteroatoms. The normalized spacial score (nSPS) is 14.9. The highest BCUT2D eigenvalue weighted by Gasteiger charge is 1.81. The average molecular weight is 367 g/mol. The molecule has 0 fully saturated rings. The number of hydrogen-bond donors (Lipinski definition) is 0. The van der Waals surface area contributed by atoms with E-state index in [4.69, 9.17) is 0 Å². The summed E-state index contributed by atoms with van der Waals surface area (Å²) in [5, 5.41) is 0. The molecule has 2 nitrogen and oxygen atoms in total. The van der Waals surface area contributed by atoms with Gasteiger partial charge in [0.25, 0.3) is 6.47 Å². The largest absolute Gasteiger partial charge is 0.437 e. The maximum Gasteiger partial charge on any atom is 0.297 e. The number of rotatable bonds is 10. The zero-order valence-corrected chi connectivity index (χ0v) is 16.5. The minimum atomic E-state index is 0. The molecule has 0 aromatic carbocycles. The summed E-state index contributed by atoms with van der Waals surface area (Å²) in [4.78, 5) is 10.0. The van der Waals surface area contributed by atoms with Crippen molar-refractivity contribution in [1.29, 1.82) is 0 Å². The van der Waals surface area contributed by atoms with Crippen LogP contribution in [0.15, 0.2) is 108 Å². The van der Waals surface area contributed by atoms with Crippen molar-refractivity contribution < 1.29 is 9.53 Å². The third-order valence-corrected chi connectivity index (χ3v) is 3.16. The number of hydrogen-bond acceptors (Lipinski definition) is 2. The van der Waals surface area contributed by atoms with E-state index in [1.165, 1.54) is 17.4 Å². The molecule has 0 spiro atoms. The number of allylic oxidation sites excluding steroid dienone is 17. The van der Waals surface area contributed by atoms with Crippen LogP contribution in [0, 0.1) is 0 Å². The molecule has 0 N–H and O–H groups in total. The second-order valence-electron chi connectivity index (χ2n) is 5.78. The average Bonchev–Trinajstić information content (AvgIpc) is 2.59. The van der Waals surface area contributed by atoms with Gasteiger partial charge in [0.1, 0.15) is 0 Å². The van der Waals surface area contributed by atoms with Gasteiger partial charge in [-0.1, -0.05) is 97.1 Å². The van der Waals surface area contributed by atoms with Crippen molar-refractivity contribution >= 4 is 6.47 Å². The topological polar surface area (TPSA) is 26.3 Å². The Morgan fingerprint density at radius 3 is 1.48 bits per heavy atom. The second kappa shape index (κ2) is 17.9. The van der Waals surface area contributed by atoms with Gasteiger partial charge in [0.05, 0.1) is 6.26 Å². The lowest BCUT2D eigenvalue weighted by atomic mass is 10.2. The van der Waals surface area contributed by atoms with Crippen molar-refractivity contribution in [2.45, 2.75) is 42.0 Å². The molecule has 0 heterocycles. The van der Waals surface area contributed by atoms with E-state index in [-0.39, 0.29) is 7.43 Å². The van der Waals surface area contributed by atoms with Crippen LogP contribution in [0.2, 0.25) is 0 Å². The Kier molecular flexibility index (Phi) is 17.5. The molecule has 0 saturated carbocycles. The molecule has 0 aromatic heterocycles. The van der Waals surface area contributed by atoms with E-state index >= 15 is 0 Å². The van der Waals surface area contributed by atoms with E-state index in [0.717, 1.165) is 11.1 Å². The molecule has 0 radical (unpaired) electrons. The van der Waals surface area contributed by atoms with E-state index in [2.05, 4.69) is 55.0 Å². The van der Waals surface area contributed by atoms with Crippen LogP contribution in [0.5, 0.6) is 0 Å². The smallest absolute Gasteiger partial charge is 0.297 e. The summed E-state index contributed by atoms with van der Waals surface area (Å²) in [6.45, 7) is 10.5. The molecule has 0 atom stereocenters. The predicted octanol–water partition coefficient (Wildman–Crippen LogP) is 7.34. The molecule has 0 unspecified atom stereocenters. The first-order valence-corrected chi connectivity index (χ1v) is 8.59. The van der Waals surface area contributed by atoms with Crippen molar-refractivity contribution in [3.63, 3.8) is 0 Å². The molecular formula is C25H34O2. The minimum absolute atomic E-state index is 0. The number of ether oxygens (including phenoxy) is 1. The lowest BCUT2D eigenvalue weighted by molar-refractivity contribution is -0.123. The first kappa shape index (κ1) is 26.4. The van der Waals surface area contributed by atoms with Gasteiger partial charge >= 0.3 is 0 Å². The summed E-state index contributed by atoms with van der Waals surface area (Å²) in [5.41, 5.74) is 4.56. The van der Waals surface area contributed by atoms with Crippen LogP contribution in [0.4, 0.5) is 0 Å². The van der Waals surface area contributed by atoms with Crippen LogP contribution in [0.25, 0.3) is 0 Å². The van der Waals surface area contributed by atoms with Crippen molar-refractivity contribution in [3.05, 3.63) is 108 Å². The van der Waals surface area contributed by atoms with Crippen LogP contribution in [0.1, 0.15) is 42.0 Å². The predicted molar refractivity (Wildman–Crippen MR) is 120 cm³/mol. The van der Waals surface area contributed by atoms with Gasteiger partial charge < -0.3 is 4.74 Å². The zero-order chi connectivity index (χ0) is 19.6. The summed E-state index contributed by atoms with van der Waals surface area (Å²) in [6.07, 6.45) is 27.5. The highest BCUT2D eigenvalue weighted by atomic mass is 16.5. The van der Waals surface area contributed by atoms with Gasteiger partial charge in [0.2, 0.25) is 0 Å². The molecule has 27 heavy (non-hydrogen) atoms. The fraction of sp³-hybridized carbons (Fsp3) is 0.240. The summed E-state index contributed by atoms with van der Waals surface area (Å²) >= 11 is 0. The summed E-state index contributed by atoms with van der Waals surface area (Å²) in [5.74, 6) is 0. The highest BCUT2D eigenvalue weighted by Crippen LogP contribution is 2.02. The van der Waals surface area contributed by atoms with E-state index in [9.17, 15) is 4.79 Å². The fourth-order valence-electron chi connectivity index (χ4n) is 1.78. The van der Waals surface area contributed by atoms with Gasteiger partial charge in [0.15, 0.2) is 0 Å². The van der Waals surface area contributed by atoms with Crippen LogP contribution < -0.4 is 0 Å². The van der Waals surface area contributed by atoms with Gasteiger partial charge in [-0.25, -0.2) is 0 Å². The Bertz CT molecular complexity index is 688. The maximum atomic E-state index is 10.0. The van der Waals surface area contributed by atoms with Gasteiger partial charge in [-0.2, -0.15) is 0 Å². The minimum Gasteiger partial charge on any atom is -0.437 e. The third kappa shape index (κ3) is 17.7. The number of carbonyl (C=O) groups is 1. The Hall–Kier alpha value is -2.87.